The van der Waals surface area contributed by atoms with Gasteiger partial charge in [-0.2, -0.15) is 10.2 Å². The van der Waals surface area contributed by atoms with Crippen molar-refractivity contribution in [2.75, 3.05) is 0 Å². The van der Waals surface area contributed by atoms with Gasteiger partial charge in [0.15, 0.2) is 23.3 Å². The van der Waals surface area contributed by atoms with E-state index in [4.69, 9.17) is 0 Å². The smallest absolute Gasteiger partial charge is 0.258 e. The summed E-state index contributed by atoms with van der Waals surface area (Å²) in [5.41, 5.74) is -4.93. The number of rotatable bonds is 4. The molecule has 1 aromatic carbocycles. The van der Waals surface area contributed by atoms with Crippen LogP contribution in [-0.2, 0) is 0 Å². The van der Waals surface area contributed by atoms with Gasteiger partial charge < -0.3 is 0 Å². The molecule has 2 heterocycles. The van der Waals surface area contributed by atoms with Crippen molar-refractivity contribution in [1.82, 2.24) is 19.6 Å². The number of benzene rings is 1. The van der Waals surface area contributed by atoms with E-state index >= 15 is 0 Å². The fraction of sp³-hybridized carbons (Fsp3) is 0.250. The second-order valence-corrected chi connectivity index (χ2v) is 6.33. The summed E-state index contributed by atoms with van der Waals surface area (Å²) in [6, 6.07) is 0. The fourth-order valence-electron chi connectivity index (χ4n) is 3.21. The van der Waals surface area contributed by atoms with Gasteiger partial charge in [0.2, 0.25) is 0 Å². The highest BCUT2D eigenvalue weighted by Gasteiger charge is 2.34. The molecule has 2 aromatic heterocycles. The van der Waals surface area contributed by atoms with Crippen molar-refractivity contribution in [3.05, 3.63) is 66.3 Å². The maximum Gasteiger partial charge on any atom is 0.313 e. The third kappa shape index (κ3) is 2.79. The van der Waals surface area contributed by atoms with E-state index in [9.17, 15) is 37.8 Å². The molecule has 0 saturated carbocycles. The van der Waals surface area contributed by atoms with Gasteiger partial charge in [-0.1, -0.05) is 0 Å². The van der Waals surface area contributed by atoms with Gasteiger partial charge in [0.25, 0.3) is 0 Å². The van der Waals surface area contributed by atoms with Crippen LogP contribution in [0.4, 0.5) is 28.9 Å². The molecule has 0 radical (unpaired) electrons. The number of hydrogen-bond acceptors (Lipinski definition) is 6. The Hall–Kier alpha value is -3.84. The molecule has 0 fully saturated rings. The second kappa shape index (κ2) is 6.89. The summed E-state index contributed by atoms with van der Waals surface area (Å²) in [4.78, 5) is 20.5. The van der Waals surface area contributed by atoms with Crippen LogP contribution in [0.15, 0.2) is 0 Å². The van der Waals surface area contributed by atoms with Crippen LogP contribution in [-0.4, -0.2) is 29.4 Å². The summed E-state index contributed by atoms with van der Waals surface area (Å²) >= 11 is 0. The summed E-state index contributed by atoms with van der Waals surface area (Å²) in [7, 11) is 0. The van der Waals surface area contributed by atoms with Crippen LogP contribution in [0, 0.1) is 71.2 Å². The predicted molar refractivity (Wildman–Crippen MR) is 92.8 cm³/mol. The van der Waals surface area contributed by atoms with Crippen molar-refractivity contribution < 1.29 is 27.4 Å². The zero-order chi connectivity index (χ0) is 22.7. The Morgan fingerprint density at radius 2 is 0.933 bits per heavy atom. The highest BCUT2D eigenvalue weighted by atomic mass is 19.2. The van der Waals surface area contributed by atoms with Crippen LogP contribution in [0.3, 0.4) is 0 Å². The van der Waals surface area contributed by atoms with Crippen molar-refractivity contribution in [1.29, 1.82) is 0 Å². The fourth-order valence-corrected chi connectivity index (χ4v) is 3.21. The maximum atomic E-state index is 14.8. The van der Waals surface area contributed by atoms with E-state index in [1.54, 1.807) is 0 Å². The molecule has 0 bridgehead atoms. The summed E-state index contributed by atoms with van der Waals surface area (Å²) in [5.74, 6) is -7.61. The molecular weight excluding hydrogens is 416 g/mol. The third-order valence-corrected chi connectivity index (χ3v) is 4.51. The van der Waals surface area contributed by atoms with Gasteiger partial charge in [-0.25, -0.2) is 26.9 Å². The van der Waals surface area contributed by atoms with Gasteiger partial charge in [0, 0.05) is 0 Å². The molecule has 0 aliphatic carbocycles. The Kier molecular flexibility index (Phi) is 4.80. The average Bonchev–Trinajstić information content (AvgIpc) is 3.09. The summed E-state index contributed by atoms with van der Waals surface area (Å²) < 4.78 is 60.0. The minimum Gasteiger partial charge on any atom is -0.258 e. The lowest BCUT2D eigenvalue weighted by atomic mass is 10.2. The largest absolute Gasteiger partial charge is 0.313 e. The Bertz CT molecular complexity index is 1130. The molecule has 10 nitrogen and oxygen atoms in total. The van der Waals surface area contributed by atoms with Crippen LogP contribution >= 0.6 is 0 Å². The molecular formula is C16H12F4N6O4. The minimum atomic E-state index is -1.90. The first-order valence-electron chi connectivity index (χ1n) is 8.18. The van der Waals surface area contributed by atoms with E-state index in [1.165, 1.54) is 13.8 Å². The first kappa shape index (κ1) is 20.9. The van der Waals surface area contributed by atoms with E-state index in [2.05, 4.69) is 10.2 Å². The highest BCUT2D eigenvalue weighted by Crippen LogP contribution is 2.34. The molecule has 0 atom stereocenters. The van der Waals surface area contributed by atoms with Gasteiger partial charge in [0.1, 0.15) is 34.2 Å². The van der Waals surface area contributed by atoms with E-state index in [0.717, 1.165) is 13.8 Å². The molecule has 0 N–H and O–H groups in total. The van der Waals surface area contributed by atoms with E-state index < -0.39 is 55.9 Å². The predicted octanol–water partition coefficient (Wildman–Crippen LogP) is 3.66. The Labute approximate surface area is 164 Å². The lowest BCUT2D eigenvalue weighted by Gasteiger charge is -2.13. The number of aryl methyl sites for hydroxylation is 2. The summed E-state index contributed by atoms with van der Waals surface area (Å²) in [5, 5.41) is 29.4. The monoisotopic (exact) mass is 428 g/mol. The number of halogens is 4. The highest BCUT2D eigenvalue weighted by molar-refractivity contribution is 5.53. The molecule has 0 saturated heterocycles. The molecule has 3 rings (SSSR count). The Balaban J connectivity index is 2.35. The van der Waals surface area contributed by atoms with Gasteiger partial charge >= 0.3 is 11.4 Å². The van der Waals surface area contributed by atoms with Gasteiger partial charge in [-0.3, -0.25) is 20.2 Å². The molecule has 0 spiro atoms. The van der Waals surface area contributed by atoms with Crippen LogP contribution < -0.4 is 0 Å². The van der Waals surface area contributed by atoms with Gasteiger partial charge in [-0.15, -0.1) is 0 Å². The standard InChI is InChI=1S/C16H12F4N6O4/c1-5-13(25(27)28)7(3)23(21-5)15-9(17)11(19)16(12(20)10(15)18)24-8(4)14(26(29)30)6(2)22-24/h1-4H3. The van der Waals surface area contributed by atoms with E-state index in [0.29, 0.717) is 9.36 Å². The summed E-state index contributed by atoms with van der Waals surface area (Å²) in [6.07, 6.45) is 0. The van der Waals surface area contributed by atoms with Gasteiger partial charge in [-0.05, 0) is 27.7 Å². The third-order valence-electron chi connectivity index (χ3n) is 4.51. The Morgan fingerprint density at radius 1 is 0.667 bits per heavy atom. The van der Waals surface area contributed by atoms with Crippen molar-refractivity contribution in [3.63, 3.8) is 0 Å². The normalized spacial score (nSPS) is 11.2. The molecule has 14 heteroatoms. The van der Waals surface area contributed by atoms with Gasteiger partial charge in [0.05, 0.1) is 9.85 Å². The molecule has 0 aliphatic rings. The molecule has 30 heavy (non-hydrogen) atoms. The van der Waals surface area contributed by atoms with Crippen LogP contribution in [0.5, 0.6) is 0 Å². The number of nitrogens with zero attached hydrogens (tertiary/aromatic N) is 6. The Morgan fingerprint density at radius 3 is 1.13 bits per heavy atom. The molecule has 0 unspecified atom stereocenters. The molecule has 158 valence electrons. The number of nitro groups is 2. The van der Waals surface area contributed by atoms with Crippen molar-refractivity contribution in [2.45, 2.75) is 27.7 Å². The quantitative estimate of drug-likeness (QED) is 0.271. The maximum absolute atomic E-state index is 14.8. The van der Waals surface area contributed by atoms with Crippen LogP contribution in [0.1, 0.15) is 22.8 Å². The van der Waals surface area contributed by atoms with Crippen LogP contribution in [0.2, 0.25) is 0 Å². The van der Waals surface area contributed by atoms with Crippen molar-refractivity contribution in [2.24, 2.45) is 0 Å². The van der Waals surface area contributed by atoms with E-state index in [-0.39, 0.29) is 22.8 Å². The number of hydrogen-bond donors (Lipinski definition) is 0. The van der Waals surface area contributed by atoms with E-state index in [1.807, 2.05) is 0 Å². The number of aromatic nitrogens is 4. The van der Waals surface area contributed by atoms with Crippen molar-refractivity contribution in [3.8, 4) is 11.4 Å². The van der Waals surface area contributed by atoms with Crippen molar-refractivity contribution >= 4 is 11.4 Å². The average molecular weight is 428 g/mol. The first-order chi connectivity index (χ1) is 13.9. The second-order valence-electron chi connectivity index (χ2n) is 6.33. The minimum absolute atomic E-state index is 0.227. The zero-order valence-electron chi connectivity index (χ0n) is 15.8. The zero-order valence-corrected chi connectivity index (χ0v) is 15.8. The molecule has 3 aromatic rings. The summed E-state index contributed by atoms with van der Waals surface area (Å²) in [6.45, 7) is 4.58. The lowest BCUT2D eigenvalue weighted by molar-refractivity contribution is -0.386. The SMILES string of the molecule is Cc1nn(-c2c(F)c(F)c(-n3nc(C)c([N+](=O)[O-])c3C)c(F)c2F)c(C)c1[N+](=O)[O-]. The molecule has 0 aliphatic heterocycles. The topological polar surface area (TPSA) is 122 Å². The van der Waals surface area contributed by atoms with Crippen LogP contribution in [0.25, 0.3) is 11.4 Å². The molecule has 0 amide bonds. The first-order valence-corrected chi connectivity index (χ1v) is 8.18. The lowest BCUT2D eigenvalue weighted by Crippen LogP contribution is -2.15.